The summed E-state index contributed by atoms with van der Waals surface area (Å²) < 4.78 is 73.6. The number of alkyl halides is 3. The summed E-state index contributed by atoms with van der Waals surface area (Å²) in [6.07, 6.45) is -4.82. The Kier molecular flexibility index (Phi) is 5.83. The van der Waals surface area contributed by atoms with Crippen molar-refractivity contribution in [1.29, 1.82) is 0 Å². The first-order valence-electron chi connectivity index (χ1n) is 8.61. The van der Waals surface area contributed by atoms with Crippen LogP contribution in [-0.4, -0.2) is 15.5 Å². The zero-order valence-corrected chi connectivity index (χ0v) is 16.2. The van der Waals surface area contributed by atoms with Crippen molar-refractivity contribution in [2.45, 2.75) is 17.6 Å². The van der Waals surface area contributed by atoms with Gasteiger partial charge in [0.15, 0.2) is 0 Å². The van der Waals surface area contributed by atoms with Gasteiger partial charge in [-0.3, -0.25) is 4.31 Å². The minimum absolute atomic E-state index is 0.149. The summed E-state index contributed by atoms with van der Waals surface area (Å²) >= 11 is 0. The molecule has 4 nitrogen and oxygen atoms in total. The number of para-hydroxylation sites is 2. The van der Waals surface area contributed by atoms with E-state index < -0.39 is 26.7 Å². The number of sulfonamides is 1. The molecule has 0 aromatic heterocycles. The molecule has 0 aliphatic heterocycles. The minimum atomic E-state index is -4.82. The van der Waals surface area contributed by atoms with E-state index in [2.05, 4.69) is 0 Å². The quantitative estimate of drug-likeness (QED) is 0.556. The molecule has 3 rings (SSSR count). The molecule has 3 aromatic carbocycles. The standard InChI is InChI=1S/C21H18F3NO3S/c1-28-19-13-7-6-12-18(19)25(15-16-9-3-2-4-10-16)29(26,27)20-14-8-5-11-17(20)21(22,23)24/h2-14H,15H2,1H3. The van der Waals surface area contributed by atoms with E-state index in [9.17, 15) is 21.6 Å². The molecular weight excluding hydrogens is 403 g/mol. The molecule has 0 radical (unpaired) electrons. The number of methoxy groups -OCH3 is 1. The first-order chi connectivity index (χ1) is 13.7. The molecular formula is C21H18F3NO3S. The van der Waals surface area contributed by atoms with Gasteiger partial charge in [-0.2, -0.15) is 13.2 Å². The normalized spacial score (nSPS) is 11.9. The van der Waals surface area contributed by atoms with E-state index in [-0.39, 0.29) is 18.0 Å². The predicted molar refractivity (Wildman–Crippen MR) is 104 cm³/mol. The number of hydrogen-bond donors (Lipinski definition) is 0. The van der Waals surface area contributed by atoms with Crippen LogP contribution in [-0.2, 0) is 22.7 Å². The van der Waals surface area contributed by atoms with Crippen LogP contribution in [0.1, 0.15) is 11.1 Å². The highest BCUT2D eigenvalue weighted by atomic mass is 32.2. The molecule has 0 aliphatic carbocycles. The molecule has 152 valence electrons. The molecule has 0 saturated heterocycles. The molecule has 0 aliphatic rings. The van der Waals surface area contributed by atoms with Crippen LogP contribution in [0.15, 0.2) is 83.8 Å². The molecule has 29 heavy (non-hydrogen) atoms. The molecule has 0 bridgehead atoms. The smallest absolute Gasteiger partial charge is 0.417 e. The van der Waals surface area contributed by atoms with Gasteiger partial charge in [0, 0.05) is 0 Å². The topological polar surface area (TPSA) is 46.6 Å². The lowest BCUT2D eigenvalue weighted by Gasteiger charge is -2.27. The molecule has 0 heterocycles. The van der Waals surface area contributed by atoms with Gasteiger partial charge in [0.05, 0.1) is 29.8 Å². The van der Waals surface area contributed by atoms with Crippen LogP contribution in [0.3, 0.4) is 0 Å². The van der Waals surface area contributed by atoms with Crippen molar-refractivity contribution in [1.82, 2.24) is 0 Å². The molecule has 0 saturated carbocycles. The monoisotopic (exact) mass is 421 g/mol. The number of hydrogen-bond acceptors (Lipinski definition) is 3. The van der Waals surface area contributed by atoms with E-state index in [4.69, 9.17) is 4.74 Å². The van der Waals surface area contributed by atoms with Gasteiger partial charge in [0.1, 0.15) is 5.75 Å². The third-order valence-corrected chi connectivity index (χ3v) is 6.10. The summed E-state index contributed by atoms with van der Waals surface area (Å²) in [5, 5.41) is 0. The van der Waals surface area contributed by atoms with Crippen molar-refractivity contribution >= 4 is 15.7 Å². The van der Waals surface area contributed by atoms with Crippen molar-refractivity contribution in [2.75, 3.05) is 11.4 Å². The van der Waals surface area contributed by atoms with Crippen molar-refractivity contribution in [3.05, 3.63) is 90.0 Å². The van der Waals surface area contributed by atoms with E-state index >= 15 is 0 Å². The molecule has 0 fully saturated rings. The Morgan fingerprint density at radius 2 is 1.45 bits per heavy atom. The number of anilines is 1. The summed E-state index contributed by atoms with van der Waals surface area (Å²) in [6.45, 7) is -0.157. The first kappa shape index (κ1) is 20.7. The number of ether oxygens (including phenoxy) is 1. The summed E-state index contributed by atoms with van der Waals surface area (Å²) in [5.74, 6) is 0.233. The lowest BCUT2D eigenvalue weighted by Crippen LogP contribution is -2.32. The maximum atomic E-state index is 13.5. The molecule has 0 amide bonds. The zero-order valence-electron chi connectivity index (χ0n) is 15.4. The van der Waals surface area contributed by atoms with Crippen molar-refractivity contribution in [2.24, 2.45) is 0 Å². The van der Waals surface area contributed by atoms with Gasteiger partial charge in [0.25, 0.3) is 10.0 Å². The third kappa shape index (κ3) is 4.37. The van der Waals surface area contributed by atoms with E-state index in [0.29, 0.717) is 5.56 Å². The van der Waals surface area contributed by atoms with Gasteiger partial charge < -0.3 is 4.74 Å². The average Bonchev–Trinajstić information content (AvgIpc) is 2.72. The average molecular weight is 421 g/mol. The number of rotatable bonds is 6. The fraction of sp³-hybridized carbons (Fsp3) is 0.143. The van der Waals surface area contributed by atoms with Crippen LogP contribution < -0.4 is 9.04 Å². The van der Waals surface area contributed by atoms with E-state index in [0.717, 1.165) is 22.5 Å². The molecule has 0 atom stereocenters. The second kappa shape index (κ2) is 8.16. The molecule has 3 aromatic rings. The third-order valence-electron chi connectivity index (χ3n) is 4.28. The molecule has 0 spiro atoms. The highest BCUT2D eigenvalue weighted by Gasteiger charge is 2.39. The molecule has 8 heteroatoms. The fourth-order valence-electron chi connectivity index (χ4n) is 2.93. The van der Waals surface area contributed by atoms with Crippen molar-refractivity contribution in [3.63, 3.8) is 0 Å². The van der Waals surface area contributed by atoms with E-state index in [1.54, 1.807) is 48.5 Å². The largest absolute Gasteiger partial charge is 0.495 e. The summed E-state index contributed by atoms with van der Waals surface area (Å²) in [5.41, 5.74) is -0.449. The predicted octanol–water partition coefficient (Wildman–Crippen LogP) is 5.11. The van der Waals surface area contributed by atoms with Crippen LogP contribution in [0.4, 0.5) is 18.9 Å². The lowest BCUT2D eigenvalue weighted by molar-refractivity contribution is -0.139. The minimum Gasteiger partial charge on any atom is -0.495 e. The maximum absolute atomic E-state index is 13.5. The van der Waals surface area contributed by atoms with Gasteiger partial charge in [-0.25, -0.2) is 8.42 Å². The first-order valence-corrected chi connectivity index (χ1v) is 10.0. The highest BCUT2D eigenvalue weighted by molar-refractivity contribution is 7.92. The Labute approximate surface area is 167 Å². The number of nitrogens with zero attached hydrogens (tertiary/aromatic N) is 1. The summed E-state index contributed by atoms with van der Waals surface area (Å²) in [7, 11) is -3.19. The van der Waals surface area contributed by atoms with Crippen LogP contribution in [0, 0.1) is 0 Å². The van der Waals surface area contributed by atoms with Gasteiger partial charge in [0.2, 0.25) is 0 Å². The van der Waals surface area contributed by atoms with Crippen LogP contribution in [0.25, 0.3) is 0 Å². The number of benzene rings is 3. The fourth-order valence-corrected chi connectivity index (χ4v) is 4.61. The van der Waals surface area contributed by atoms with Gasteiger partial charge in [-0.05, 0) is 29.8 Å². The van der Waals surface area contributed by atoms with Crippen LogP contribution in [0.2, 0.25) is 0 Å². The molecule has 0 N–H and O–H groups in total. The lowest BCUT2D eigenvalue weighted by atomic mass is 10.2. The van der Waals surface area contributed by atoms with E-state index in [1.165, 1.54) is 19.2 Å². The SMILES string of the molecule is COc1ccccc1N(Cc1ccccc1)S(=O)(=O)c1ccccc1C(F)(F)F. The Balaban J connectivity index is 2.21. The second-order valence-corrected chi connectivity index (χ2v) is 7.99. The second-order valence-electron chi connectivity index (χ2n) is 6.16. The maximum Gasteiger partial charge on any atom is 0.417 e. The van der Waals surface area contributed by atoms with Gasteiger partial charge >= 0.3 is 6.18 Å². The Morgan fingerprint density at radius 3 is 2.10 bits per heavy atom. The Bertz CT molecular complexity index is 1080. The Hall–Kier alpha value is -3.00. The Morgan fingerprint density at radius 1 is 0.862 bits per heavy atom. The summed E-state index contributed by atoms with van der Waals surface area (Å²) in [4.78, 5) is -0.811. The number of halogens is 3. The zero-order chi connectivity index (χ0) is 21.1. The van der Waals surface area contributed by atoms with Crippen LogP contribution >= 0.6 is 0 Å². The van der Waals surface area contributed by atoms with E-state index in [1.807, 2.05) is 0 Å². The van der Waals surface area contributed by atoms with Crippen LogP contribution in [0.5, 0.6) is 5.75 Å². The molecule has 0 unspecified atom stereocenters. The van der Waals surface area contributed by atoms with Crippen molar-refractivity contribution < 1.29 is 26.3 Å². The summed E-state index contributed by atoms with van der Waals surface area (Å²) in [6, 6.07) is 19.1. The van der Waals surface area contributed by atoms with Gasteiger partial charge in [-0.15, -0.1) is 0 Å². The highest BCUT2D eigenvalue weighted by Crippen LogP contribution is 2.38. The van der Waals surface area contributed by atoms with Gasteiger partial charge in [-0.1, -0.05) is 54.6 Å². The van der Waals surface area contributed by atoms with Crippen molar-refractivity contribution in [3.8, 4) is 5.75 Å².